The highest BCUT2D eigenvalue weighted by Gasteiger charge is 2.40. The van der Waals surface area contributed by atoms with Crippen LogP contribution in [-0.2, 0) is 9.53 Å². The molecule has 3 amide bonds. The van der Waals surface area contributed by atoms with Crippen LogP contribution < -0.4 is 10.6 Å². The first-order valence-corrected chi connectivity index (χ1v) is 10.2. The number of benzene rings is 2. The van der Waals surface area contributed by atoms with E-state index in [1.165, 1.54) is 4.90 Å². The van der Waals surface area contributed by atoms with Crippen LogP contribution in [0.4, 0.5) is 16.2 Å². The van der Waals surface area contributed by atoms with Gasteiger partial charge in [-0.05, 0) is 54.6 Å². The zero-order valence-corrected chi connectivity index (χ0v) is 17.6. The zero-order valence-electron chi connectivity index (χ0n) is 16.9. The molecule has 2 N–H and O–H groups in total. The summed E-state index contributed by atoms with van der Waals surface area (Å²) < 4.78 is 7.15. The van der Waals surface area contributed by atoms with E-state index in [1.54, 1.807) is 54.4 Å². The molecule has 0 spiro atoms. The molecular weight excluding hydrogens is 418 g/mol. The first-order valence-electron chi connectivity index (χ1n) is 9.80. The number of rotatable bonds is 5. The monoisotopic (exact) mass is 439 g/mol. The van der Waals surface area contributed by atoms with E-state index in [0.29, 0.717) is 29.4 Å². The minimum absolute atomic E-state index is 0.214. The van der Waals surface area contributed by atoms with Crippen molar-refractivity contribution >= 4 is 34.9 Å². The number of urea groups is 1. The number of carbonyl (C=O) groups is 2. The van der Waals surface area contributed by atoms with E-state index >= 15 is 0 Å². The maximum absolute atomic E-state index is 13.0. The van der Waals surface area contributed by atoms with Gasteiger partial charge in [0.2, 0.25) is 5.91 Å². The standard InChI is InChI=1S/C22H22ClN5O3/c1-31-19-13-20(27(14-19)22(30)26-17-5-3-15(23)4-6-17)21(29)25-16-7-9-18(10-8-16)28-12-2-11-24-28/h2-12,19-20H,13-14H2,1H3,(H,25,29)(H,26,30)/t19-,20-/m1/s1. The van der Waals surface area contributed by atoms with Gasteiger partial charge in [-0.25, -0.2) is 9.48 Å². The van der Waals surface area contributed by atoms with E-state index in [9.17, 15) is 9.59 Å². The number of hydrogen-bond donors (Lipinski definition) is 2. The second-order valence-corrected chi connectivity index (χ2v) is 7.62. The summed E-state index contributed by atoms with van der Waals surface area (Å²) in [6, 6.07) is 14.9. The van der Waals surface area contributed by atoms with E-state index in [-0.39, 0.29) is 18.0 Å². The van der Waals surface area contributed by atoms with Crippen LogP contribution in [0, 0.1) is 0 Å². The number of amides is 3. The van der Waals surface area contributed by atoms with Crippen LogP contribution in [0.1, 0.15) is 6.42 Å². The molecule has 1 aliphatic rings. The van der Waals surface area contributed by atoms with Crippen molar-refractivity contribution in [2.45, 2.75) is 18.6 Å². The predicted octanol–water partition coefficient (Wildman–Crippen LogP) is 3.79. The Morgan fingerprint density at radius 2 is 1.74 bits per heavy atom. The molecule has 2 aromatic carbocycles. The number of likely N-dealkylation sites (tertiary alicyclic amines) is 1. The molecule has 160 valence electrons. The zero-order chi connectivity index (χ0) is 21.8. The van der Waals surface area contributed by atoms with Crippen molar-refractivity contribution in [3.63, 3.8) is 0 Å². The van der Waals surface area contributed by atoms with Gasteiger partial charge in [-0.3, -0.25) is 4.79 Å². The molecule has 0 saturated carbocycles. The molecule has 0 unspecified atom stereocenters. The number of anilines is 2. The lowest BCUT2D eigenvalue weighted by molar-refractivity contribution is -0.119. The van der Waals surface area contributed by atoms with Crippen molar-refractivity contribution < 1.29 is 14.3 Å². The minimum Gasteiger partial charge on any atom is -0.380 e. The van der Waals surface area contributed by atoms with Gasteiger partial charge < -0.3 is 20.3 Å². The van der Waals surface area contributed by atoms with Crippen molar-refractivity contribution in [1.29, 1.82) is 0 Å². The Labute approximate surface area is 184 Å². The number of ether oxygens (including phenoxy) is 1. The molecule has 8 nitrogen and oxygen atoms in total. The van der Waals surface area contributed by atoms with Crippen molar-refractivity contribution in [3.8, 4) is 5.69 Å². The van der Waals surface area contributed by atoms with Crippen molar-refractivity contribution in [2.75, 3.05) is 24.3 Å². The largest absolute Gasteiger partial charge is 0.380 e. The number of methoxy groups -OCH3 is 1. The Morgan fingerprint density at radius 3 is 2.39 bits per heavy atom. The van der Waals surface area contributed by atoms with Crippen LogP contribution in [0.25, 0.3) is 5.69 Å². The summed E-state index contributed by atoms with van der Waals surface area (Å²) in [5.74, 6) is -0.266. The van der Waals surface area contributed by atoms with Crippen LogP contribution in [-0.4, -0.2) is 52.4 Å². The third-order valence-electron chi connectivity index (χ3n) is 5.16. The molecule has 31 heavy (non-hydrogen) atoms. The van der Waals surface area contributed by atoms with E-state index in [2.05, 4.69) is 15.7 Å². The highest BCUT2D eigenvalue weighted by Crippen LogP contribution is 2.24. The van der Waals surface area contributed by atoms with Crippen molar-refractivity contribution in [3.05, 3.63) is 72.0 Å². The number of aromatic nitrogens is 2. The number of halogens is 1. The molecule has 3 aromatic rings. The fraction of sp³-hybridized carbons (Fsp3) is 0.227. The van der Waals surface area contributed by atoms with Gasteiger partial charge in [0.1, 0.15) is 6.04 Å². The van der Waals surface area contributed by atoms with Crippen LogP contribution >= 0.6 is 11.6 Å². The summed E-state index contributed by atoms with van der Waals surface area (Å²) in [7, 11) is 1.58. The maximum atomic E-state index is 13.0. The highest BCUT2D eigenvalue weighted by molar-refractivity contribution is 6.30. The quantitative estimate of drug-likeness (QED) is 0.633. The molecule has 1 aromatic heterocycles. The van der Waals surface area contributed by atoms with Gasteiger partial charge in [-0.2, -0.15) is 5.10 Å². The molecule has 0 bridgehead atoms. The fourth-order valence-electron chi connectivity index (χ4n) is 3.51. The normalized spacial score (nSPS) is 18.1. The number of nitrogens with one attached hydrogen (secondary N) is 2. The second-order valence-electron chi connectivity index (χ2n) is 7.19. The van der Waals surface area contributed by atoms with Crippen LogP contribution in [0.15, 0.2) is 67.0 Å². The third-order valence-corrected chi connectivity index (χ3v) is 5.41. The molecule has 0 radical (unpaired) electrons. The Hall–Kier alpha value is -3.36. The van der Waals surface area contributed by atoms with Crippen LogP contribution in [0.2, 0.25) is 5.02 Å². The van der Waals surface area contributed by atoms with Gasteiger partial charge in [-0.1, -0.05) is 11.6 Å². The molecular formula is C22H22ClN5O3. The lowest BCUT2D eigenvalue weighted by atomic mass is 10.1. The Bertz CT molecular complexity index is 1040. The third kappa shape index (κ3) is 4.87. The summed E-state index contributed by atoms with van der Waals surface area (Å²) in [6.07, 6.45) is 3.75. The lowest BCUT2D eigenvalue weighted by Gasteiger charge is -2.24. The first-order chi connectivity index (χ1) is 15.0. The minimum atomic E-state index is -0.650. The molecule has 2 atom stereocenters. The molecule has 1 saturated heterocycles. The van der Waals surface area contributed by atoms with E-state index < -0.39 is 6.04 Å². The SMILES string of the molecule is CO[C@@H]1C[C@H](C(=O)Nc2ccc(-n3cccn3)cc2)N(C(=O)Nc2ccc(Cl)cc2)C1. The van der Waals surface area contributed by atoms with Crippen molar-refractivity contribution in [1.82, 2.24) is 14.7 Å². The fourth-order valence-corrected chi connectivity index (χ4v) is 3.64. The van der Waals surface area contributed by atoms with Crippen molar-refractivity contribution in [2.24, 2.45) is 0 Å². The average Bonchev–Trinajstić information content (AvgIpc) is 3.46. The van der Waals surface area contributed by atoms with Gasteiger partial charge in [0.25, 0.3) is 0 Å². The van der Waals surface area contributed by atoms with E-state index in [0.717, 1.165) is 5.69 Å². The van der Waals surface area contributed by atoms with Gasteiger partial charge in [-0.15, -0.1) is 0 Å². The molecule has 9 heteroatoms. The molecule has 4 rings (SSSR count). The summed E-state index contributed by atoms with van der Waals surface area (Å²) in [5, 5.41) is 10.5. The molecule has 1 fully saturated rings. The lowest BCUT2D eigenvalue weighted by Crippen LogP contribution is -2.45. The molecule has 2 heterocycles. The summed E-state index contributed by atoms with van der Waals surface area (Å²) in [5.41, 5.74) is 2.12. The van der Waals surface area contributed by atoms with E-state index in [4.69, 9.17) is 16.3 Å². The molecule has 1 aliphatic heterocycles. The average molecular weight is 440 g/mol. The highest BCUT2D eigenvalue weighted by atomic mass is 35.5. The number of carbonyl (C=O) groups excluding carboxylic acids is 2. The van der Waals surface area contributed by atoms with Gasteiger partial charge in [0.05, 0.1) is 11.8 Å². The maximum Gasteiger partial charge on any atom is 0.322 e. The molecule has 0 aliphatic carbocycles. The van der Waals surface area contributed by atoms with Gasteiger partial charge in [0.15, 0.2) is 0 Å². The topological polar surface area (TPSA) is 88.5 Å². The second kappa shape index (κ2) is 9.20. The van der Waals surface area contributed by atoms with Gasteiger partial charge in [0, 0.05) is 48.9 Å². The summed E-state index contributed by atoms with van der Waals surface area (Å²) >= 11 is 5.90. The Kier molecular flexibility index (Phi) is 6.20. The van der Waals surface area contributed by atoms with Crippen LogP contribution in [0.5, 0.6) is 0 Å². The van der Waals surface area contributed by atoms with Gasteiger partial charge >= 0.3 is 6.03 Å². The Balaban J connectivity index is 1.44. The predicted molar refractivity (Wildman–Crippen MR) is 119 cm³/mol. The smallest absolute Gasteiger partial charge is 0.322 e. The van der Waals surface area contributed by atoms with Crippen LogP contribution in [0.3, 0.4) is 0 Å². The van der Waals surface area contributed by atoms with E-state index in [1.807, 2.05) is 24.4 Å². The summed E-state index contributed by atoms with van der Waals surface area (Å²) in [6.45, 7) is 0.326. The number of nitrogens with zero attached hydrogens (tertiary/aromatic N) is 3. The number of hydrogen-bond acceptors (Lipinski definition) is 4. The first kappa shape index (κ1) is 20.9. The summed E-state index contributed by atoms with van der Waals surface area (Å²) in [4.78, 5) is 27.3. The Morgan fingerprint density at radius 1 is 1.06 bits per heavy atom.